The van der Waals surface area contributed by atoms with Gasteiger partial charge in [0.25, 0.3) is 0 Å². The van der Waals surface area contributed by atoms with Gasteiger partial charge in [0.2, 0.25) is 0 Å². The number of nitrogens with one attached hydrogen (secondary N) is 2. The predicted octanol–water partition coefficient (Wildman–Crippen LogP) is 4.56. The number of aliphatic imine (C=N–C) groups is 1. The smallest absolute Gasteiger partial charge is 0.321 e. The Labute approximate surface area is 178 Å². The van der Waals surface area contributed by atoms with Crippen LogP contribution < -0.4 is 10.2 Å². The van der Waals surface area contributed by atoms with E-state index in [4.69, 9.17) is 9.83 Å². The van der Waals surface area contributed by atoms with E-state index < -0.39 is 0 Å². The van der Waals surface area contributed by atoms with Crippen LogP contribution in [0.1, 0.15) is 44.1 Å². The third-order valence-corrected chi connectivity index (χ3v) is 6.04. The largest absolute Gasteiger partial charge is 0.422 e. The monoisotopic (exact) mass is 408 g/mol. The summed E-state index contributed by atoms with van der Waals surface area (Å²) < 4.78 is 6.02. The molecule has 0 bridgehead atoms. The minimum absolute atomic E-state index is 0.389. The predicted molar refractivity (Wildman–Crippen MR) is 124 cm³/mol. The van der Waals surface area contributed by atoms with Gasteiger partial charge in [0.15, 0.2) is 5.76 Å². The molecule has 2 fully saturated rings. The average molecular weight is 409 g/mol. The van der Waals surface area contributed by atoms with Crippen molar-refractivity contribution < 1.29 is 4.42 Å². The van der Waals surface area contributed by atoms with Crippen molar-refractivity contribution >= 4 is 29.8 Å². The molecule has 0 aliphatic carbocycles. The highest BCUT2D eigenvalue weighted by Gasteiger charge is 2.20. The highest BCUT2D eigenvalue weighted by Crippen LogP contribution is 2.37. The molecule has 0 radical (unpaired) electrons. The summed E-state index contributed by atoms with van der Waals surface area (Å²) in [6.07, 6.45) is 12.5. The third kappa shape index (κ3) is 4.73. The summed E-state index contributed by atoms with van der Waals surface area (Å²) in [6.45, 7) is 5.20. The molecule has 30 heavy (non-hydrogen) atoms. The summed E-state index contributed by atoms with van der Waals surface area (Å²) in [5.41, 5.74) is 3.90. The lowest BCUT2D eigenvalue weighted by Gasteiger charge is -2.26. The standard InChI is InChI=1S/C23H32N6O/c1-25-20-15-21(29-11-4-2-3-5-12-29)19(14-18(20)16-24)22-17-27-23(30-22)26-8-13-28-9-6-7-10-28/h8,14-17,24-25H,2-7,9-13H2,1H3/b24-16?,26-8+. The van der Waals surface area contributed by atoms with Crippen LogP contribution in [0.2, 0.25) is 0 Å². The van der Waals surface area contributed by atoms with Gasteiger partial charge in [-0.1, -0.05) is 12.8 Å². The molecule has 2 aliphatic heterocycles. The molecule has 0 unspecified atom stereocenters. The zero-order valence-corrected chi connectivity index (χ0v) is 17.9. The number of hydrogen-bond donors (Lipinski definition) is 2. The number of aromatic nitrogens is 1. The van der Waals surface area contributed by atoms with Gasteiger partial charge in [-0.2, -0.15) is 4.98 Å². The molecule has 1 aromatic heterocycles. The van der Waals surface area contributed by atoms with Gasteiger partial charge < -0.3 is 20.0 Å². The van der Waals surface area contributed by atoms with Crippen LogP contribution in [-0.2, 0) is 0 Å². The van der Waals surface area contributed by atoms with Crippen molar-refractivity contribution in [2.24, 2.45) is 4.99 Å². The molecule has 0 saturated carbocycles. The van der Waals surface area contributed by atoms with Crippen molar-refractivity contribution in [3.8, 4) is 11.3 Å². The summed E-state index contributed by atoms with van der Waals surface area (Å²) >= 11 is 0. The zero-order valence-electron chi connectivity index (χ0n) is 17.9. The first kappa shape index (κ1) is 20.6. The Balaban J connectivity index is 1.62. The number of benzene rings is 1. The van der Waals surface area contributed by atoms with Crippen LogP contribution in [0.4, 0.5) is 17.4 Å². The van der Waals surface area contributed by atoms with E-state index in [1.165, 1.54) is 44.7 Å². The van der Waals surface area contributed by atoms with E-state index in [0.29, 0.717) is 11.8 Å². The maximum atomic E-state index is 7.82. The Morgan fingerprint density at radius 3 is 2.53 bits per heavy atom. The molecule has 2 aromatic rings. The van der Waals surface area contributed by atoms with Gasteiger partial charge in [-0.3, -0.25) is 4.90 Å². The van der Waals surface area contributed by atoms with Crippen molar-refractivity contribution in [2.75, 3.05) is 50.0 Å². The van der Waals surface area contributed by atoms with Gasteiger partial charge in [-0.15, -0.1) is 0 Å². The Hall–Kier alpha value is -2.67. The van der Waals surface area contributed by atoms with E-state index in [1.54, 1.807) is 6.20 Å². The maximum absolute atomic E-state index is 7.82. The van der Waals surface area contributed by atoms with Crippen LogP contribution >= 0.6 is 0 Å². The van der Waals surface area contributed by atoms with Crippen molar-refractivity contribution in [1.82, 2.24) is 9.88 Å². The molecule has 0 atom stereocenters. The Bertz CT molecular complexity index is 876. The molecule has 3 heterocycles. The van der Waals surface area contributed by atoms with E-state index in [9.17, 15) is 0 Å². The Morgan fingerprint density at radius 1 is 1.10 bits per heavy atom. The molecule has 1 aromatic carbocycles. The normalized spacial score (nSPS) is 18.1. The van der Waals surface area contributed by atoms with Crippen molar-refractivity contribution in [1.29, 1.82) is 5.41 Å². The lowest BCUT2D eigenvalue weighted by molar-refractivity contribution is 0.391. The van der Waals surface area contributed by atoms with Crippen LogP contribution in [0.5, 0.6) is 0 Å². The number of rotatable bonds is 7. The van der Waals surface area contributed by atoms with Crippen LogP contribution in [0.15, 0.2) is 27.7 Å². The molecule has 2 saturated heterocycles. The molecular formula is C23H32N6O. The summed E-state index contributed by atoms with van der Waals surface area (Å²) in [6, 6.07) is 4.55. The minimum Gasteiger partial charge on any atom is -0.422 e. The number of anilines is 2. The first-order chi connectivity index (χ1) is 14.8. The van der Waals surface area contributed by atoms with Gasteiger partial charge in [0.1, 0.15) is 0 Å². The highest BCUT2D eigenvalue weighted by atomic mass is 16.4. The zero-order chi connectivity index (χ0) is 20.8. The first-order valence-electron chi connectivity index (χ1n) is 11.1. The molecule has 160 valence electrons. The van der Waals surface area contributed by atoms with Crippen LogP contribution in [0.25, 0.3) is 11.3 Å². The van der Waals surface area contributed by atoms with E-state index in [1.807, 2.05) is 19.3 Å². The number of hydrogen-bond acceptors (Lipinski definition) is 7. The summed E-state index contributed by atoms with van der Waals surface area (Å²) in [7, 11) is 1.90. The second-order valence-corrected chi connectivity index (χ2v) is 8.08. The van der Waals surface area contributed by atoms with Crippen molar-refractivity contribution in [3.63, 3.8) is 0 Å². The molecule has 7 nitrogen and oxygen atoms in total. The summed E-state index contributed by atoms with van der Waals surface area (Å²) in [4.78, 5) is 13.6. The highest BCUT2D eigenvalue weighted by molar-refractivity contribution is 5.92. The van der Waals surface area contributed by atoms with Crippen LogP contribution in [0, 0.1) is 5.41 Å². The fourth-order valence-corrected chi connectivity index (χ4v) is 4.36. The molecule has 2 N–H and O–H groups in total. The fourth-order valence-electron chi connectivity index (χ4n) is 4.36. The maximum Gasteiger partial charge on any atom is 0.321 e. The lowest BCUT2D eigenvalue weighted by atomic mass is 10.0. The third-order valence-electron chi connectivity index (χ3n) is 6.04. The van der Waals surface area contributed by atoms with Gasteiger partial charge in [-0.25, -0.2) is 4.99 Å². The second kappa shape index (κ2) is 9.89. The fraction of sp³-hybridized carbons (Fsp3) is 0.522. The average Bonchev–Trinajstić information content (AvgIpc) is 3.39. The molecule has 0 amide bonds. The van der Waals surface area contributed by atoms with Gasteiger partial charge in [-0.05, 0) is 50.9 Å². The van der Waals surface area contributed by atoms with E-state index in [-0.39, 0.29) is 0 Å². The van der Waals surface area contributed by atoms with E-state index in [2.05, 4.69) is 31.2 Å². The van der Waals surface area contributed by atoms with Crippen LogP contribution in [-0.4, -0.2) is 62.1 Å². The second-order valence-electron chi connectivity index (χ2n) is 8.08. The first-order valence-corrected chi connectivity index (χ1v) is 11.1. The number of oxazole rings is 1. The molecule has 4 rings (SSSR count). The minimum atomic E-state index is 0.389. The van der Waals surface area contributed by atoms with E-state index in [0.717, 1.165) is 55.2 Å². The summed E-state index contributed by atoms with van der Waals surface area (Å²) in [5.74, 6) is 0.702. The quantitative estimate of drug-likeness (QED) is 0.657. The van der Waals surface area contributed by atoms with Crippen molar-refractivity contribution in [2.45, 2.75) is 38.5 Å². The van der Waals surface area contributed by atoms with Gasteiger partial charge >= 0.3 is 6.01 Å². The lowest BCUT2D eigenvalue weighted by Crippen LogP contribution is -2.24. The molecule has 0 spiro atoms. The van der Waals surface area contributed by atoms with Crippen molar-refractivity contribution in [3.05, 3.63) is 23.9 Å². The van der Waals surface area contributed by atoms with E-state index >= 15 is 0 Å². The molecule has 2 aliphatic rings. The van der Waals surface area contributed by atoms with Gasteiger partial charge in [0, 0.05) is 61.6 Å². The topological polar surface area (TPSA) is 80.8 Å². The SMILES string of the molecule is CNc1cc(N2CCCCCC2)c(-c2cnc(/N=C/CN3CCCC3)o2)cc1C=N. The number of likely N-dealkylation sites (tertiary alicyclic amines) is 1. The van der Waals surface area contributed by atoms with Crippen LogP contribution in [0.3, 0.4) is 0 Å². The number of nitrogens with zero attached hydrogens (tertiary/aromatic N) is 4. The molecular weight excluding hydrogens is 376 g/mol. The van der Waals surface area contributed by atoms with Gasteiger partial charge in [0.05, 0.1) is 6.20 Å². The summed E-state index contributed by atoms with van der Waals surface area (Å²) in [5, 5.41) is 11.0. The molecule has 7 heteroatoms. The Kier molecular flexibility index (Phi) is 6.79. The Morgan fingerprint density at radius 2 is 1.83 bits per heavy atom.